The van der Waals surface area contributed by atoms with Gasteiger partial charge < -0.3 is 20.3 Å². The summed E-state index contributed by atoms with van der Waals surface area (Å²) in [6.45, 7) is 3.33. The first-order chi connectivity index (χ1) is 16.8. The highest BCUT2D eigenvalue weighted by Gasteiger charge is 2.30. The molecule has 0 unspecified atom stereocenters. The third kappa shape index (κ3) is 8.63. The van der Waals surface area contributed by atoms with Crippen molar-refractivity contribution in [3.63, 3.8) is 0 Å². The molecule has 1 aromatic heterocycles. The van der Waals surface area contributed by atoms with Crippen LogP contribution in [-0.4, -0.2) is 55.1 Å². The number of likely N-dealkylation sites (tertiary alicyclic amines) is 1. The van der Waals surface area contributed by atoms with E-state index in [0.29, 0.717) is 17.2 Å². The first kappa shape index (κ1) is 31.0. The normalized spacial score (nSPS) is 14.5. The Balaban J connectivity index is 0.00000241. The van der Waals surface area contributed by atoms with Gasteiger partial charge in [0, 0.05) is 31.4 Å². The summed E-state index contributed by atoms with van der Waals surface area (Å²) >= 11 is 1.35. The molecule has 0 aliphatic carbocycles. The minimum Gasteiger partial charge on any atom is -0.497 e. The third-order valence-electron chi connectivity index (χ3n) is 6.12. The van der Waals surface area contributed by atoms with Gasteiger partial charge in [-0.15, -0.1) is 36.2 Å². The highest BCUT2D eigenvalue weighted by atomic mass is 35.5. The third-order valence-corrected chi connectivity index (χ3v) is 7.14. The molecule has 6 nitrogen and oxygen atoms in total. The van der Waals surface area contributed by atoms with E-state index in [1.807, 2.05) is 18.2 Å². The number of aromatic nitrogens is 1. The lowest BCUT2D eigenvalue weighted by atomic mass is 10.0. The van der Waals surface area contributed by atoms with Gasteiger partial charge in [0.1, 0.15) is 5.75 Å². The molecule has 1 aliphatic rings. The van der Waals surface area contributed by atoms with E-state index in [1.54, 1.807) is 13.2 Å². The van der Waals surface area contributed by atoms with E-state index in [-0.39, 0.29) is 36.8 Å². The number of fused-ring (bicyclic) bond motifs is 1. The maximum Gasteiger partial charge on any atom is 0.416 e. The number of methoxy groups -OCH3 is 1. The number of anilines is 1. The molecule has 0 spiro atoms. The van der Waals surface area contributed by atoms with Gasteiger partial charge in [0.05, 0.1) is 22.9 Å². The number of nitrogens with zero attached hydrogens (tertiary/aromatic N) is 2. The van der Waals surface area contributed by atoms with Gasteiger partial charge in [-0.25, -0.2) is 4.98 Å². The van der Waals surface area contributed by atoms with Crippen LogP contribution in [0, 0.1) is 0 Å². The molecule has 1 fully saturated rings. The van der Waals surface area contributed by atoms with Crippen molar-refractivity contribution >= 4 is 58.0 Å². The molecule has 204 valence electrons. The summed E-state index contributed by atoms with van der Waals surface area (Å²) in [7, 11) is 1.61. The Morgan fingerprint density at radius 3 is 2.59 bits per heavy atom. The van der Waals surface area contributed by atoms with E-state index < -0.39 is 11.7 Å². The Labute approximate surface area is 230 Å². The van der Waals surface area contributed by atoms with E-state index in [4.69, 9.17) is 4.74 Å². The number of rotatable bonds is 9. The molecule has 1 aliphatic heterocycles. The largest absolute Gasteiger partial charge is 0.497 e. The van der Waals surface area contributed by atoms with E-state index in [0.717, 1.165) is 67.4 Å². The molecule has 0 radical (unpaired) electrons. The number of ether oxygens (including phenoxy) is 1. The van der Waals surface area contributed by atoms with Gasteiger partial charge in [-0.2, -0.15) is 13.2 Å². The lowest BCUT2D eigenvalue weighted by Crippen LogP contribution is -2.39. The van der Waals surface area contributed by atoms with Gasteiger partial charge in [-0.1, -0.05) is 6.07 Å². The predicted octanol–water partition coefficient (Wildman–Crippen LogP) is 6.25. The van der Waals surface area contributed by atoms with E-state index in [1.165, 1.54) is 23.5 Å². The van der Waals surface area contributed by atoms with Gasteiger partial charge in [0.2, 0.25) is 0 Å². The Morgan fingerprint density at radius 2 is 1.89 bits per heavy atom. The quantitative estimate of drug-likeness (QED) is 0.294. The zero-order valence-electron chi connectivity index (χ0n) is 20.3. The number of halogens is 5. The van der Waals surface area contributed by atoms with E-state index in [9.17, 15) is 18.0 Å². The molecule has 0 atom stereocenters. The number of alkyl halides is 3. The van der Waals surface area contributed by atoms with Gasteiger partial charge in [-0.3, -0.25) is 4.79 Å². The fraction of sp³-hybridized carbons (Fsp3) is 0.440. The number of hydrogen-bond acceptors (Lipinski definition) is 6. The van der Waals surface area contributed by atoms with E-state index >= 15 is 0 Å². The van der Waals surface area contributed by atoms with Gasteiger partial charge in [-0.05, 0) is 68.6 Å². The predicted molar refractivity (Wildman–Crippen MR) is 147 cm³/mol. The minimum absolute atomic E-state index is 0. The highest BCUT2D eigenvalue weighted by molar-refractivity contribution is 7.20. The number of thiazole rings is 1. The molecule has 2 heterocycles. The van der Waals surface area contributed by atoms with Crippen LogP contribution >= 0.6 is 36.2 Å². The highest BCUT2D eigenvalue weighted by Crippen LogP contribution is 2.31. The maximum absolute atomic E-state index is 12.9. The average Bonchev–Trinajstić information content (AvgIpc) is 3.28. The smallest absolute Gasteiger partial charge is 0.416 e. The molecule has 4 rings (SSSR count). The van der Waals surface area contributed by atoms with Gasteiger partial charge in [0.25, 0.3) is 5.91 Å². The van der Waals surface area contributed by atoms with E-state index in [2.05, 4.69) is 20.5 Å². The van der Waals surface area contributed by atoms with Crippen LogP contribution in [0.25, 0.3) is 10.2 Å². The van der Waals surface area contributed by atoms with Crippen LogP contribution < -0.4 is 15.4 Å². The van der Waals surface area contributed by atoms with Crippen molar-refractivity contribution in [2.45, 2.75) is 37.9 Å². The summed E-state index contributed by atoms with van der Waals surface area (Å²) < 4.78 is 44.9. The van der Waals surface area contributed by atoms with Crippen LogP contribution in [0.4, 0.5) is 18.9 Å². The number of benzene rings is 2. The summed E-state index contributed by atoms with van der Waals surface area (Å²) in [6, 6.07) is 11.1. The fourth-order valence-corrected chi connectivity index (χ4v) is 5.10. The molecule has 37 heavy (non-hydrogen) atoms. The summed E-state index contributed by atoms with van der Waals surface area (Å²) in [5.41, 5.74) is 0.670. The first-order valence-corrected chi connectivity index (χ1v) is 12.5. The molecule has 3 aromatic rings. The molecule has 0 bridgehead atoms. The summed E-state index contributed by atoms with van der Waals surface area (Å²) in [5, 5.41) is 6.64. The SMILES string of the molecule is COc1ccc2nc(C(=O)NCCCCN3CCC(Nc4cccc(C(F)(F)F)c4)CC3)sc2c1.Cl.Cl. The second-order valence-electron chi connectivity index (χ2n) is 8.65. The Kier molecular flexibility index (Phi) is 11.7. The van der Waals surface area contributed by atoms with Crippen molar-refractivity contribution in [2.75, 3.05) is 38.6 Å². The Morgan fingerprint density at radius 1 is 1.14 bits per heavy atom. The van der Waals surface area contributed by atoms with Crippen molar-refractivity contribution in [3.05, 3.63) is 53.0 Å². The number of hydrogen-bond donors (Lipinski definition) is 2. The van der Waals surface area contributed by atoms with Crippen LogP contribution in [0.15, 0.2) is 42.5 Å². The lowest BCUT2D eigenvalue weighted by molar-refractivity contribution is -0.137. The molecule has 0 saturated carbocycles. The van der Waals surface area contributed by atoms with Crippen molar-refractivity contribution in [3.8, 4) is 5.75 Å². The molecular formula is C25H31Cl2F3N4O2S. The zero-order chi connectivity index (χ0) is 24.8. The zero-order valence-corrected chi connectivity index (χ0v) is 22.8. The molecule has 1 amide bonds. The number of unbranched alkanes of at least 4 members (excludes halogenated alkanes) is 1. The van der Waals surface area contributed by atoms with Crippen molar-refractivity contribution in [2.24, 2.45) is 0 Å². The number of amides is 1. The number of carbonyl (C=O) groups excluding carboxylic acids is 1. The molecular weight excluding hydrogens is 548 g/mol. The average molecular weight is 580 g/mol. The topological polar surface area (TPSA) is 66.5 Å². The Hall–Kier alpha value is -2.27. The van der Waals surface area contributed by atoms with Crippen LogP contribution in [0.1, 0.15) is 41.0 Å². The fourth-order valence-electron chi connectivity index (χ4n) is 4.19. The van der Waals surface area contributed by atoms with Crippen molar-refractivity contribution in [1.82, 2.24) is 15.2 Å². The second kappa shape index (κ2) is 14.0. The second-order valence-corrected chi connectivity index (χ2v) is 9.69. The van der Waals surface area contributed by atoms with Crippen molar-refractivity contribution < 1.29 is 22.7 Å². The minimum atomic E-state index is -4.33. The maximum atomic E-state index is 12.9. The molecule has 12 heteroatoms. The van der Waals surface area contributed by atoms with Crippen molar-refractivity contribution in [1.29, 1.82) is 0 Å². The molecule has 2 aromatic carbocycles. The van der Waals surface area contributed by atoms with Crippen LogP contribution in [0.2, 0.25) is 0 Å². The van der Waals surface area contributed by atoms with Crippen LogP contribution in [0.5, 0.6) is 5.75 Å². The standard InChI is InChI=1S/C25H29F3N4O2S.2ClH/c1-34-20-7-8-21-22(16-20)35-24(31-21)23(33)29-11-2-3-12-32-13-9-18(10-14-32)30-19-6-4-5-17(15-19)25(26,27)28;;/h4-8,15-16,18,30H,2-3,9-14H2,1H3,(H,29,33);2*1H. The number of nitrogens with one attached hydrogen (secondary N) is 2. The molecule has 1 saturated heterocycles. The van der Waals surface area contributed by atoms with Gasteiger partial charge >= 0.3 is 6.18 Å². The van der Waals surface area contributed by atoms with Crippen LogP contribution in [0.3, 0.4) is 0 Å². The Bertz CT molecular complexity index is 1150. The summed E-state index contributed by atoms with van der Waals surface area (Å²) in [5.74, 6) is 0.579. The van der Waals surface area contributed by atoms with Crippen LogP contribution in [-0.2, 0) is 6.18 Å². The lowest BCUT2D eigenvalue weighted by Gasteiger charge is -2.33. The number of piperidine rings is 1. The monoisotopic (exact) mass is 578 g/mol. The summed E-state index contributed by atoms with van der Waals surface area (Å²) in [6.07, 6.45) is -0.732. The van der Waals surface area contributed by atoms with Gasteiger partial charge in [0.15, 0.2) is 5.01 Å². The summed E-state index contributed by atoms with van der Waals surface area (Å²) in [4.78, 5) is 19.2. The number of carbonyl (C=O) groups is 1. The molecule has 2 N–H and O–H groups in total. The first-order valence-electron chi connectivity index (χ1n) is 11.7.